The van der Waals surface area contributed by atoms with Crippen molar-refractivity contribution < 1.29 is 13.3 Å². The molecule has 1 heterocycles. The Morgan fingerprint density at radius 3 is 2.54 bits per heavy atom. The van der Waals surface area contributed by atoms with E-state index >= 15 is 0 Å². The Hall–Kier alpha value is -2.98. The molecular weight excluding hydrogens is 400 g/mol. The molecule has 0 saturated heterocycles. The monoisotopic (exact) mass is 416 g/mol. The lowest BCUT2D eigenvalue weighted by Crippen LogP contribution is -2.09. The predicted molar refractivity (Wildman–Crippen MR) is 106 cm³/mol. The van der Waals surface area contributed by atoms with Crippen molar-refractivity contribution in [2.75, 3.05) is 17.6 Å². The summed E-state index contributed by atoms with van der Waals surface area (Å²) in [5, 5.41) is 21.3. The number of benzene rings is 2. The lowest BCUT2D eigenvalue weighted by atomic mass is 10.2. The lowest BCUT2D eigenvalue weighted by molar-refractivity contribution is -0.384. The van der Waals surface area contributed by atoms with Gasteiger partial charge in [-0.2, -0.15) is 5.10 Å². The average molecular weight is 416 g/mol. The first-order valence-electron chi connectivity index (χ1n) is 8.21. The fraction of sp³-hybridized carbons (Fsp3) is 0.111. The van der Waals surface area contributed by atoms with Crippen molar-refractivity contribution in [3.63, 3.8) is 0 Å². The van der Waals surface area contributed by atoms with Crippen LogP contribution in [0.2, 0.25) is 0 Å². The number of thioether (sulfide) groups is 1. The molecule has 3 rings (SSSR count). The van der Waals surface area contributed by atoms with Crippen LogP contribution in [0, 0.1) is 10.1 Å². The number of hydrogen-bond donors (Lipinski definition) is 1. The first-order valence-corrected chi connectivity index (χ1v) is 10.7. The third-order valence-electron chi connectivity index (χ3n) is 3.73. The molecule has 2 aromatic carbocycles. The van der Waals surface area contributed by atoms with Crippen LogP contribution in [0.3, 0.4) is 0 Å². The average Bonchev–Trinajstić information content (AvgIpc) is 2.72. The van der Waals surface area contributed by atoms with Crippen LogP contribution < -0.4 is 5.32 Å². The molecule has 0 bridgehead atoms. The van der Waals surface area contributed by atoms with Gasteiger partial charge in [-0.3, -0.25) is 10.1 Å². The van der Waals surface area contributed by atoms with Crippen molar-refractivity contribution in [1.29, 1.82) is 0 Å². The maximum atomic E-state index is 12.6. The van der Waals surface area contributed by atoms with E-state index in [1.165, 1.54) is 30.5 Å². The number of nitro groups is 1. The molecule has 0 unspecified atom stereocenters. The van der Waals surface area contributed by atoms with Crippen molar-refractivity contribution in [2.45, 2.75) is 14.8 Å². The topological polar surface area (TPSA) is 115 Å². The summed E-state index contributed by atoms with van der Waals surface area (Å²) in [6.07, 6.45) is 1.35. The second-order valence-corrected chi connectivity index (χ2v) is 8.65. The highest BCUT2D eigenvalue weighted by atomic mass is 32.2. The summed E-state index contributed by atoms with van der Waals surface area (Å²) < 4.78 is 25.2. The molecule has 0 aliphatic heterocycles. The van der Waals surface area contributed by atoms with E-state index < -0.39 is 14.8 Å². The molecular formula is C18H16N4O4S2. The minimum absolute atomic E-state index is 0.205. The summed E-state index contributed by atoms with van der Waals surface area (Å²) in [4.78, 5) is 11.7. The Kier molecular flexibility index (Phi) is 6.22. The van der Waals surface area contributed by atoms with E-state index in [0.29, 0.717) is 12.3 Å². The third kappa shape index (κ3) is 4.65. The first kappa shape index (κ1) is 19.8. The third-order valence-corrected chi connectivity index (χ3v) is 6.39. The van der Waals surface area contributed by atoms with E-state index in [-0.39, 0.29) is 21.3 Å². The van der Waals surface area contributed by atoms with E-state index in [0.717, 1.165) is 11.0 Å². The minimum Gasteiger partial charge on any atom is -0.379 e. The highest BCUT2D eigenvalue weighted by Gasteiger charge is 2.24. The van der Waals surface area contributed by atoms with Crippen LogP contribution in [-0.2, 0) is 9.84 Å². The van der Waals surface area contributed by atoms with Gasteiger partial charge in [-0.1, -0.05) is 18.2 Å². The molecule has 10 heteroatoms. The molecule has 1 aromatic heterocycles. The van der Waals surface area contributed by atoms with Gasteiger partial charge in [-0.05, 0) is 36.4 Å². The van der Waals surface area contributed by atoms with Gasteiger partial charge in [0.1, 0.15) is 5.69 Å². The number of rotatable bonds is 8. The van der Waals surface area contributed by atoms with Crippen molar-refractivity contribution in [3.05, 3.63) is 77.0 Å². The Balaban J connectivity index is 1.75. The Morgan fingerprint density at radius 1 is 1.07 bits per heavy atom. The molecule has 0 aliphatic rings. The van der Waals surface area contributed by atoms with Gasteiger partial charge in [0, 0.05) is 29.5 Å². The summed E-state index contributed by atoms with van der Waals surface area (Å²) in [7, 11) is -3.98. The zero-order chi connectivity index (χ0) is 20.0. The number of nitrogens with one attached hydrogen (secondary N) is 1. The van der Waals surface area contributed by atoms with Gasteiger partial charge >= 0.3 is 0 Å². The maximum absolute atomic E-state index is 12.6. The summed E-state index contributed by atoms with van der Waals surface area (Å²) in [6.45, 7) is 0.483. The number of anilines is 1. The number of nitrogens with zero attached hydrogens (tertiary/aromatic N) is 3. The smallest absolute Gasteiger partial charge is 0.293 e. The van der Waals surface area contributed by atoms with Crippen LogP contribution in [0.25, 0.3) is 0 Å². The molecule has 1 N–H and O–H groups in total. The van der Waals surface area contributed by atoms with Gasteiger partial charge < -0.3 is 5.32 Å². The standard InChI is InChI=1S/C18H16N4O4S2/c23-22(24)17-13-15(28(25,26)18-7-4-10-20-21-18)8-9-16(17)19-11-12-27-14-5-2-1-3-6-14/h1-10,13,19H,11-12H2. The second kappa shape index (κ2) is 8.81. The van der Waals surface area contributed by atoms with Crippen LogP contribution in [-0.4, -0.2) is 35.8 Å². The van der Waals surface area contributed by atoms with E-state index in [4.69, 9.17) is 0 Å². The van der Waals surface area contributed by atoms with Crippen molar-refractivity contribution in [1.82, 2.24) is 10.2 Å². The zero-order valence-corrected chi connectivity index (χ0v) is 16.2. The highest BCUT2D eigenvalue weighted by molar-refractivity contribution is 7.99. The summed E-state index contributed by atoms with van der Waals surface area (Å²) in [5.74, 6) is 0.695. The molecule has 0 amide bonds. The Morgan fingerprint density at radius 2 is 1.86 bits per heavy atom. The number of nitro benzene ring substituents is 1. The quantitative estimate of drug-likeness (QED) is 0.257. The zero-order valence-electron chi connectivity index (χ0n) is 14.6. The highest BCUT2D eigenvalue weighted by Crippen LogP contribution is 2.30. The minimum atomic E-state index is -3.98. The number of hydrogen-bond acceptors (Lipinski definition) is 8. The van der Waals surface area contributed by atoms with E-state index in [9.17, 15) is 18.5 Å². The fourth-order valence-corrected chi connectivity index (χ4v) is 4.36. The largest absolute Gasteiger partial charge is 0.379 e. The summed E-state index contributed by atoms with van der Waals surface area (Å²) in [5.41, 5.74) is -0.0496. The molecule has 0 fully saturated rings. The Labute approximate surface area is 166 Å². The van der Waals surface area contributed by atoms with E-state index in [1.54, 1.807) is 11.8 Å². The fourth-order valence-electron chi connectivity index (χ4n) is 2.40. The Bertz CT molecular complexity index is 1060. The van der Waals surface area contributed by atoms with Gasteiger partial charge in [-0.15, -0.1) is 16.9 Å². The number of aromatic nitrogens is 2. The van der Waals surface area contributed by atoms with Crippen LogP contribution in [0.5, 0.6) is 0 Å². The molecule has 0 atom stereocenters. The molecule has 0 aliphatic carbocycles. The van der Waals surface area contributed by atoms with Crippen LogP contribution in [0.15, 0.2) is 81.7 Å². The first-order chi connectivity index (χ1) is 13.5. The van der Waals surface area contributed by atoms with Crippen molar-refractivity contribution in [2.24, 2.45) is 0 Å². The second-order valence-electron chi connectivity index (χ2n) is 5.59. The molecule has 3 aromatic rings. The van der Waals surface area contributed by atoms with Gasteiger partial charge in [0.15, 0.2) is 5.03 Å². The maximum Gasteiger partial charge on any atom is 0.293 e. The molecule has 0 radical (unpaired) electrons. The molecule has 144 valence electrons. The van der Waals surface area contributed by atoms with E-state index in [1.807, 2.05) is 30.3 Å². The van der Waals surface area contributed by atoms with Crippen molar-refractivity contribution >= 4 is 33.0 Å². The van der Waals surface area contributed by atoms with Gasteiger partial charge in [-0.25, -0.2) is 8.42 Å². The van der Waals surface area contributed by atoms with Gasteiger partial charge in [0.2, 0.25) is 9.84 Å². The summed E-state index contributed by atoms with van der Waals surface area (Å²) in [6, 6.07) is 16.3. The molecule has 0 saturated carbocycles. The van der Waals surface area contributed by atoms with Crippen LogP contribution >= 0.6 is 11.8 Å². The predicted octanol–water partition coefficient (Wildman–Crippen LogP) is 3.42. The van der Waals surface area contributed by atoms with Crippen molar-refractivity contribution in [3.8, 4) is 0 Å². The van der Waals surface area contributed by atoms with Gasteiger partial charge in [0.25, 0.3) is 5.69 Å². The van der Waals surface area contributed by atoms with Crippen LogP contribution in [0.1, 0.15) is 0 Å². The van der Waals surface area contributed by atoms with Crippen LogP contribution in [0.4, 0.5) is 11.4 Å². The number of sulfone groups is 1. The normalized spacial score (nSPS) is 11.1. The lowest BCUT2D eigenvalue weighted by Gasteiger charge is -2.09. The SMILES string of the molecule is O=[N+]([O-])c1cc(S(=O)(=O)c2cccnn2)ccc1NCCSc1ccccc1. The summed E-state index contributed by atoms with van der Waals surface area (Å²) >= 11 is 1.62. The molecule has 8 nitrogen and oxygen atoms in total. The molecule has 0 spiro atoms. The molecule has 28 heavy (non-hydrogen) atoms. The van der Waals surface area contributed by atoms with E-state index in [2.05, 4.69) is 15.5 Å². The van der Waals surface area contributed by atoms with Gasteiger partial charge in [0.05, 0.1) is 9.82 Å².